The summed E-state index contributed by atoms with van der Waals surface area (Å²) in [6.45, 7) is 4.27. The Balaban J connectivity index is 2.22. The minimum Gasteiger partial charge on any atom is -0.399 e. The molecule has 0 aliphatic carbocycles. The zero-order valence-corrected chi connectivity index (χ0v) is 12.1. The lowest BCUT2D eigenvalue weighted by Gasteiger charge is -2.18. The number of nitrogens with zero attached hydrogens (tertiary/aromatic N) is 1. The summed E-state index contributed by atoms with van der Waals surface area (Å²) in [5.41, 5.74) is 9.10. The zero-order chi connectivity index (χ0) is 14.7. The van der Waals surface area contributed by atoms with Crippen LogP contribution in [-0.2, 0) is 0 Å². The van der Waals surface area contributed by atoms with E-state index in [0.717, 1.165) is 5.69 Å². The van der Waals surface area contributed by atoms with Crippen molar-refractivity contribution in [1.29, 1.82) is 0 Å². The summed E-state index contributed by atoms with van der Waals surface area (Å²) in [6, 6.07) is 15.1. The molecule has 104 valence electrons. The lowest BCUT2D eigenvalue weighted by molar-refractivity contribution is 0.0993. The average molecular weight is 268 g/mol. The molecule has 0 aliphatic heterocycles. The van der Waals surface area contributed by atoms with Gasteiger partial charge in [-0.3, -0.25) is 4.79 Å². The number of nitrogens with two attached hydrogens (primary N) is 1. The molecule has 2 N–H and O–H groups in total. The standard InChI is InChI=1S/C17H20N2O/c1-12(2)13-7-9-14(10-8-13)17(20)19(3)16-6-4-5-15(18)11-16/h4-12H,18H2,1-3H3. The van der Waals surface area contributed by atoms with E-state index in [9.17, 15) is 4.79 Å². The first-order valence-electron chi connectivity index (χ1n) is 6.72. The van der Waals surface area contributed by atoms with Gasteiger partial charge in [-0.15, -0.1) is 0 Å². The Morgan fingerprint density at radius 1 is 1.10 bits per heavy atom. The van der Waals surface area contributed by atoms with Crippen molar-refractivity contribution in [1.82, 2.24) is 0 Å². The molecule has 3 heteroatoms. The van der Waals surface area contributed by atoms with E-state index in [0.29, 0.717) is 17.2 Å². The van der Waals surface area contributed by atoms with E-state index in [1.807, 2.05) is 36.4 Å². The van der Waals surface area contributed by atoms with Crippen LogP contribution >= 0.6 is 0 Å². The molecule has 0 aromatic heterocycles. The Bertz CT molecular complexity index is 603. The zero-order valence-electron chi connectivity index (χ0n) is 12.1. The molecule has 0 aliphatic rings. The van der Waals surface area contributed by atoms with Gasteiger partial charge in [0, 0.05) is 24.0 Å². The average Bonchev–Trinajstić information content (AvgIpc) is 2.46. The van der Waals surface area contributed by atoms with Gasteiger partial charge < -0.3 is 10.6 Å². The van der Waals surface area contributed by atoms with Crippen molar-refractivity contribution in [3.63, 3.8) is 0 Å². The van der Waals surface area contributed by atoms with E-state index in [1.54, 1.807) is 24.1 Å². The predicted octanol–water partition coefficient (Wildman–Crippen LogP) is 3.67. The topological polar surface area (TPSA) is 46.3 Å². The number of hydrogen-bond acceptors (Lipinski definition) is 2. The van der Waals surface area contributed by atoms with Crippen LogP contribution in [0.5, 0.6) is 0 Å². The van der Waals surface area contributed by atoms with E-state index >= 15 is 0 Å². The SMILES string of the molecule is CC(C)c1ccc(C(=O)N(C)c2cccc(N)c2)cc1. The third-order valence-electron chi connectivity index (χ3n) is 3.39. The minimum atomic E-state index is -0.0362. The van der Waals surface area contributed by atoms with Gasteiger partial charge in [0.1, 0.15) is 0 Å². The van der Waals surface area contributed by atoms with Crippen molar-refractivity contribution in [2.45, 2.75) is 19.8 Å². The predicted molar refractivity (Wildman–Crippen MR) is 84.1 cm³/mol. The summed E-state index contributed by atoms with van der Waals surface area (Å²) >= 11 is 0. The molecular formula is C17H20N2O. The van der Waals surface area contributed by atoms with Crippen molar-refractivity contribution in [2.24, 2.45) is 0 Å². The number of benzene rings is 2. The Morgan fingerprint density at radius 2 is 1.75 bits per heavy atom. The normalized spacial score (nSPS) is 10.6. The number of amides is 1. The molecule has 0 atom stereocenters. The maximum atomic E-state index is 12.4. The summed E-state index contributed by atoms with van der Waals surface area (Å²) in [6.07, 6.45) is 0. The second-order valence-electron chi connectivity index (χ2n) is 5.24. The Labute approximate surface area is 120 Å². The van der Waals surface area contributed by atoms with Crippen molar-refractivity contribution in [3.05, 3.63) is 59.7 Å². The Hall–Kier alpha value is -2.29. The van der Waals surface area contributed by atoms with Crippen LogP contribution in [0.3, 0.4) is 0 Å². The number of anilines is 2. The second kappa shape index (κ2) is 5.78. The molecule has 2 rings (SSSR count). The van der Waals surface area contributed by atoms with Gasteiger partial charge in [0.2, 0.25) is 0 Å². The maximum absolute atomic E-state index is 12.4. The third-order valence-corrected chi connectivity index (χ3v) is 3.39. The fraction of sp³-hybridized carbons (Fsp3) is 0.235. The molecule has 0 unspecified atom stereocenters. The molecule has 2 aromatic carbocycles. The molecule has 2 aromatic rings. The fourth-order valence-corrected chi connectivity index (χ4v) is 2.05. The van der Waals surface area contributed by atoms with Gasteiger partial charge >= 0.3 is 0 Å². The van der Waals surface area contributed by atoms with Gasteiger partial charge in [0.25, 0.3) is 5.91 Å². The van der Waals surface area contributed by atoms with Crippen molar-refractivity contribution in [3.8, 4) is 0 Å². The van der Waals surface area contributed by atoms with Crippen molar-refractivity contribution < 1.29 is 4.79 Å². The first-order chi connectivity index (χ1) is 9.49. The third kappa shape index (κ3) is 2.99. The first kappa shape index (κ1) is 14.1. The van der Waals surface area contributed by atoms with Gasteiger partial charge in [-0.25, -0.2) is 0 Å². The number of carbonyl (C=O) groups excluding carboxylic acids is 1. The molecule has 0 radical (unpaired) electrons. The molecule has 0 bridgehead atoms. The molecule has 3 nitrogen and oxygen atoms in total. The summed E-state index contributed by atoms with van der Waals surface area (Å²) in [7, 11) is 1.76. The molecule has 0 heterocycles. The molecule has 0 saturated carbocycles. The van der Waals surface area contributed by atoms with Crippen LogP contribution in [0.1, 0.15) is 35.7 Å². The maximum Gasteiger partial charge on any atom is 0.258 e. The fourth-order valence-electron chi connectivity index (χ4n) is 2.05. The van der Waals surface area contributed by atoms with Crippen LogP contribution in [-0.4, -0.2) is 13.0 Å². The van der Waals surface area contributed by atoms with Crippen LogP contribution < -0.4 is 10.6 Å². The number of carbonyl (C=O) groups is 1. The van der Waals surface area contributed by atoms with Gasteiger partial charge in [-0.2, -0.15) is 0 Å². The van der Waals surface area contributed by atoms with E-state index in [4.69, 9.17) is 5.73 Å². The Kier molecular flexibility index (Phi) is 4.08. The van der Waals surface area contributed by atoms with Crippen LogP contribution in [0, 0.1) is 0 Å². The lowest BCUT2D eigenvalue weighted by Crippen LogP contribution is -2.26. The van der Waals surface area contributed by atoms with E-state index < -0.39 is 0 Å². The number of nitrogen functional groups attached to an aromatic ring is 1. The molecule has 20 heavy (non-hydrogen) atoms. The van der Waals surface area contributed by atoms with Crippen LogP contribution in [0.2, 0.25) is 0 Å². The van der Waals surface area contributed by atoms with Crippen LogP contribution in [0.15, 0.2) is 48.5 Å². The number of hydrogen-bond donors (Lipinski definition) is 1. The van der Waals surface area contributed by atoms with Crippen LogP contribution in [0.4, 0.5) is 11.4 Å². The van der Waals surface area contributed by atoms with Gasteiger partial charge in [-0.05, 0) is 41.8 Å². The van der Waals surface area contributed by atoms with E-state index in [-0.39, 0.29) is 5.91 Å². The Morgan fingerprint density at radius 3 is 2.30 bits per heavy atom. The molecule has 1 amide bonds. The minimum absolute atomic E-state index is 0.0362. The lowest BCUT2D eigenvalue weighted by atomic mass is 10.0. The number of rotatable bonds is 3. The summed E-state index contributed by atoms with van der Waals surface area (Å²) in [5.74, 6) is 0.428. The molecule has 0 spiro atoms. The summed E-state index contributed by atoms with van der Waals surface area (Å²) in [4.78, 5) is 14.0. The first-order valence-corrected chi connectivity index (χ1v) is 6.72. The largest absolute Gasteiger partial charge is 0.399 e. The summed E-state index contributed by atoms with van der Waals surface area (Å²) in [5, 5.41) is 0. The highest BCUT2D eigenvalue weighted by molar-refractivity contribution is 6.05. The molecular weight excluding hydrogens is 248 g/mol. The second-order valence-corrected chi connectivity index (χ2v) is 5.24. The van der Waals surface area contributed by atoms with E-state index in [2.05, 4.69) is 13.8 Å². The van der Waals surface area contributed by atoms with Crippen molar-refractivity contribution in [2.75, 3.05) is 17.7 Å². The van der Waals surface area contributed by atoms with Gasteiger partial charge in [-0.1, -0.05) is 32.0 Å². The molecule has 0 fully saturated rings. The van der Waals surface area contributed by atoms with Gasteiger partial charge in [0.05, 0.1) is 0 Å². The monoisotopic (exact) mass is 268 g/mol. The van der Waals surface area contributed by atoms with Gasteiger partial charge in [0.15, 0.2) is 0 Å². The van der Waals surface area contributed by atoms with Crippen LogP contribution in [0.25, 0.3) is 0 Å². The van der Waals surface area contributed by atoms with Crippen molar-refractivity contribution >= 4 is 17.3 Å². The quantitative estimate of drug-likeness (QED) is 0.863. The smallest absolute Gasteiger partial charge is 0.258 e. The highest BCUT2D eigenvalue weighted by atomic mass is 16.2. The highest BCUT2D eigenvalue weighted by Crippen LogP contribution is 2.20. The van der Waals surface area contributed by atoms with E-state index in [1.165, 1.54) is 5.56 Å². The summed E-state index contributed by atoms with van der Waals surface area (Å²) < 4.78 is 0. The molecule has 0 saturated heterocycles. The highest BCUT2D eigenvalue weighted by Gasteiger charge is 2.13.